The van der Waals surface area contributed by atoms with Crippen molar-refractivity contribution in [1.29, 1.82) is 0 Å². The third-order valence-corrected chi connectivity index (χ3v) is 13.8. The summed E-state index contributed by atoms with van der Waals surface area (Å²) in [6.45, 7) is 11.2. The molecule has 2 aromatic carbocycles. The van der Waals surface area contributed by atoms with Crippen molar-refractivity contribution in [2.45, 2.75) is 102 Å². The number of aromatic nitrogens is 1. The van der Waals surface area contributed by atoms with Gasteiger partial charge >= 0.3 is 6.09 Å². The van der Waals surface area contributed by atoms with E-state index in [2.05, 4.69) is 17.2 Å². The van der Waals surface area contributed by atoms with Gasteiger partial charge < -0.3 is 34.6 Å². The van der Waals surface area contributed by atoms with E-state index in [0.29, 0.717) is 29.1 Å². The summed E-state index contributed by atoms with van der Waals surface area (Å²) in [6, 6.07) is 14.9. The van der Waals surface area contributed by atoms with Crippen LogP contribution in [0.3, 0.4) is 0 Å². The Hall–Kier alpha value is -4.41. The number of methoxy groups -OCH3 is 1. The van der Waals surface area contributed by atoms with E-state index in [-0.39, 0.29) is 37.6 Å². The first-order valence-electron chi connectivity index (χ1n) is 18.9. The molecule has 54 heavy (non-hydrogen) atoms. The number of nitrogens with zero attached hydrogens (tertiary/aromatic N) is 2. The van der Waals surface area contributed by atoms with Crippen LogP contribution in [0.4, 0.5) is 4.79 Å². The minimum atomic E-state index is -3.84. The summed E-state index contributed by atoms with van der Waals surface area (Å²) in [6.07, 6.45) is 4.45. The quantitative estimate of drug-likeness (QED) is 0.123. The maximum Gasteiger partial charge on any atom is 0.408 e. The first-order chi connectivity index (χ1) is 25.7. The highest BCUT2D eigenvalue weighted by Crippen LogP contribution is 2.69. The van der Waals surface area contributed by atoms with E-state index in [4.69, 9.17) is 19.2 Å². The second-order valence-corrected chi connectivity index (χ2v) is 18.5. The van der Waals surface area contributed by atoms with Gasteiger partial charge in [-0.3, -0.25) is 14.2 Å². The topological polar surface area (TPSA) is 156 Å². The number of nitrogens with one attached hydrogen (secondary N) is 2. The lowest BCUT2D eigenvalue weighted by atomic mass is 9.85. The number of fused-ring (bicyclic) bond motifs is 1. The highest BCUT2D eigenvalue weighted by Gasteiger charge is 2.65. The van der Waals surface area contributed by atoms with Gasteiger partial charge in [0.2, 0.25) is 19.2 Å². The van der Waals surface area contributed by atoms with Crippen LogP contribution in [0.1, 0.15) is 72.6 Å². The van der Waals surface area contributed by atoms with Crippen LogP contribution in [0.15, 0.2) is 67.3 Å². The van der Waals surface area contributed by atoms with Gasteiger partial charge in [-0.25, -0.2) is 9.78 Å². The number of amides is 3. The first-order valence-corrected chi connectivity index (χ1v) is 20.8. The average molecular weight is 761 g/mol. The zero-order valence-corrected chi connectivity index (χ0v) is 32.8. The molecule has 0 spiro atoms. The Labute approximate surface area is 317 Å². The Morgan fingerprint density at radius 3 is 2.46 bits per heavy atom. The van der Waals surface area contributed by atoms with Crippen LogP contribution in [0, 0.1) is 11.3 Å². The SMILES string of the molecule is C=C[C@@H]1C[C@]1(NC(=O)[C@@H]1C[C@@H](Oc2cc(-c3ccccc3)nc3cc(OC)ccc23)CN1C(=O)C(NC(=O)OC1CCCC1)C(C)(C)C)P(=O)(O)CCC. The van der Waals surface area contributed by atoms with Crippen LogP contribution in [-0.4, -0.2) is 82.1 Å². The molecule has 3 fully saturated rings. The number of benzene rings is 2. The summed E-state index contributed by atoms with van der Waals surface area (Å²) >= 11 is 0. The molecule has 3 N–H and O–H groups in total. The van der Waals surface area contributed by atoms with E-state index in [0.717, 1.165) is 36.6 Å². The molecule has 6 rings (SSSR count). The highest BCUT2D eigenvalue weighted by molar-refractivity contribution is 7.60. The van der Waals surface area contributed by atoms with Crippen LogP contribution in [0.5, 0.6) is 11.5 Å². The number of ether oxygens (including phenoxy) is 3. The van der Waals surface area contributed by atoms with Crippen LogP contribution in [-0.2, 0) is 18.9 Å². The number of hydrogen-bond donors (Lipinski definition) is 3. The molecule has 0 bridgehead atoms. The summed E-state index contributed by atoms with van der Waals surface area (Å²) in [7, 11) is -2.25. The van der Waals surface area contributed by atoms with Crippen LogP contribution >= 0.6 is 7.37 Å². The molecule has 1 aromatic heterocycles. The summed E-state index contributed by atoms with van der Waals surface area (Å²) in [5, 5.41) is 5.12. The number of rotatable bonds is 13. The van der Waals surface area contributed by atoms with Crippen molar-refractivity contribution in [3.63, 3.8) is 0 Å². The van der Waals surface area contributed by atoms with Gasteiger partial charge in [-0.05, 0) is 56.1 Å². The smallest absolute Gasteiger partial charge is 0.408 e. The number of carbonyl (C=O) groups excluding carboxylic acids is 3. The van der Waals surface area contributed by atoms with Gasteiger partial charge in [0.1, 0.15) is 41.1 Å². The Morgan fingerprint density at radius 1 is 1.11 bits per heavy atom. The van der Waals surface area contributed by atoms with E-state index in [1.807, 2.05) is 82.3 Å². The van der Waals surface area contributed by atoms with E-state index >= 15 is 0 Å². The van der Waals surface area contributed by atoms with Crippen molar-refractivity contribution in [2.75, 3.05) is 19.8 Å². The summed E-state index contributed by atoms with van der Waals surface area (Å²) < 4.78 is 31.6. The first kappa shape index (κ1) is 39.3. The molecule has 2 unspecified atom stereocenters. The minimum absolute atomic E-state index is 0.0210. The Balaban J connectivity index is 1.34. The molecular weight excluding hydrogens is 707 g/mol. The molecule has 3 amide bonds. The minimum Gasteiger partial charge on any atom is -0.497 e. The fourth-order valence-corrected chi connectivity index (χ4v) is 10.2. The number of pyridine rings is 1. The lowest BCUT2D eigenvalue weighted by molar-refractivity contribution is -0.142. The van der Waals surface area contributed by atoms with Gasteiger partial charge in [-0.1, -0.05) is 64.1 Å². The van der Waals surface area contributed by atoms with Crippen LogP contribution in [0.2, 0.25) is 0 Å². The summed E-state index contributed by atoms with van der Waals surface area (Å²) in [4.78, 5) is 59.8. The van der Waals surface area contributed by atoms with E-state index in [1.54, 1.807) is 13.2 Å². The third kappa shape index (κ3) is 8.15. The van der Waals surface area contributed by atoms with Gasteiger partial charge in [0.25, 0.3) is 0 Å². The Bertz CT molecular complexity index is 1930. The normalized spacial score (nSPS) is 24.3. The van der Waals surface area contributed by atoms with Gasteiger partial charge in [0, 0.05) is 41.6 Å². The second-order valence-electron chi connectivity index (χ2n) is 15.9. The molecule has 2 heterocycles. The predicted octanol–water partition coefficient (Wildman–Crippen LogP) is 7.04. The molecule has 13 heteroatoms. The largest absolute Gasteiger partial charge is 0.497 e. The number of hydrogen-bond acceptors (Lipinski definition) is 8. The van der Waals surface area contributed by atoms with Crippen molar-refractivity contribution in [1.82, 2.24) is 20.5 Å². The fraction of sp³-hybridized carbons (Fsp3) is 0.512. The third-order valence-electron chi connectivity index (χ3n) is 10.9. The lowest BCUT2D eigenvalue weighted by Crippen LogP contribution is -2.58. The molecular formula is C41H53N4O8P. The van der Waals surface area contributed by atoms with Gasteiger partial charge in [-0.2, -0.15) is 0 Å². The van der Waals surface area contributed by atoms with Crippen molar-refractivity contribution >= 4 is 36.2 Å². The standard InChI is InChI=1S/C41H53N4O8P/c1-7-20-54(49,50)41(24-27(41)8-2)44-37(46)34-22-30(25-45(34)38(47)36(40(3,4)5)43-39(48)53-28-16-12-13-17-28)52-35-23-32(26-14-10-9-11-15-26)42-33-21-29(51-6)18-19-31(33)35/h8-11,14-15,18-19,21,23,27-28,30,34,36H,2,7,12-13,16-17,20,22,24-25H2,1,3-6H3,(H,43,48)(H,44,46)(H,49,50)/t27-,30-,34+,36?,41+/m1/s1. The predicted molar refractivity (Wildman–Crippen MR) is 208 cm³/mol. The molecule has 0 radical (unpaired) electrons. The van der Waals surface area contributed by atoms with E-state index in [9.17, 15) is 23.8 Å². The molecule has 290 valence electrons. The molecule has 3 aromatic rings. The van der Waals surface area contributed by atoms with Crippen LogP contribution < -0.4 is 20.1 Å². The van der Waals surface area contributed by atoms with Gasteiger partial charge in [0.15, 0.2) is 0 Å². The molecule has 12 nitrogen and oxygen atoms in total. The average Bonchev–Trinajstić information content (AvgIpc) is 3.41. The second kappa shape index (κ2) is 15.7. The van der Waals surface area contributed by atoms with Gasteiger partial charge in [-0.15, -0.1) is 6.58 Å². The summed E-state index contributed by atoms with van der Waals surface area (Å²) in [5.74, 6) is -0.271. The maximum atomic E-state index is 14.7. The van der Waals surface area contributed by atoms with Crippen molar-refractivity contribution in [3.8, 4) is 22.8 Å². The van der Waals surface area contributed by atoms with E-state index < -0.39 is 54.2 Å². The van der Waals surface area contributed by atoms with Crippen molar-refractivity contribution < 1.29 is 38.1 Å². The molecule has 1 aliphatic heterocycles. The maximum absolute atomic E-state index is 14.7. The number of carbonyl (C=O) groups is 3. The molecule has 1 saturated heterocycles. The van der Waals surface area contributed by atoms with Crippen molar-refractivity contribution in [2.24, 2.45) is 11.3 Å². The molecule has 3 aliphatic rings. The zero-order valence-electron chi connectivity index (χ0n) is 31.9. The molecule has 2 saturated carbocycles. The number of likely N-dealkylation sites (tertiary alicyclic amines) is 1. The highest BCUT2D eigenvalue weighted by atomic mass is 31.2. The fourth-order valence-electron chi connectivity index (χ4n) is 7.82. The Morgan fingerprint density at radius 2 is 1.83 bits per heavy atom. The lowest BCUT2D eigenvalue weighted by Gasteiger charge is -2.36. The Kier molecular flexibility index (Phi) is 11.5. The zero-order chi connectivity index (χ0) is 38.8. The molecule has 2 aliphatic carbocycles. The monoisotopic (exact) mass is 760 g/mol. The number of alkyl carbamates (subject to hydrolysis) is 1. The van der Waals surface area contributed by atoms with E-state index in [1.165, 1.54) is 4.90 Å². The van der Waals surface area contributed by atoms with Crippen LogP contribution in [0.25, 0.3) is 22.2 Å². The molecule has 6 atom stereocenters. The van der Waals surface area contributed by atoms with Crippen molar-refractivity contribution in [3.05, 3.63) is 67.3 Å². The van der Waals surface area contributed by atoms with Gasteiger partial charge in [0.05, 0.1) is 24.9 Å². The summed E-state index contributed by atoms with van der Waals surface area (Å²) in [5.41, 5.74) is 1.43.